The van der Waals surface area contributed by atoms with Gasteiger partial charge in [0.05, 0.1) is 11.8 Å². The minimum absolute atomic E-state index is 0.0452. The van der Waals surface area contributed by atoms with Crippen LogP contribution in [0.5, 0.6) is 0 Å². The number of hydrogen-bond acceptors (Lipinski definition) is 4. The number of aliphatic hydroxyl groups excluding tert-OH is 1. The Kier molecular flexibility index (Phi) is 3.82. The van der Waals surface area contributed by atoms with E-state index in [-0.39, 0.29) is 17.8 Å². The lowest BCUT2D eigenvalue weighted by atomic mass is 10.1. The molecule has 1 saturated heterocycles. The van der Waals surface area contributed by atoms with Crippen molar-refractivity contribution in [2.24, 2.45) is 0 Å². The lowest BCUT2D eigenvalue weighted by Crippen LogP contribution is -2.40. The van der Waals surface area contributed by atoms with E-state index in [2.05, 4.69) is 4.98 Å². The molecular weight excluding hydrogens is 329 g/mol. The molecule has 1 aromatic carbocycles. The Hall–Kier alpha value is -2.25. The van der Waals surface area contributed by atoms with Crippen LogP contribution in [0.15, 0.2) is 35.8 Å². The quantitative estimate of drug-likeness (QED) is 0.777. The van der Waals surface area contributed by atoms with E-state index in [1.807, 2.05) is 11.6 Å². The second-order valence-corrected chi connectivity index (χ2v) is 6.77. The topological polar surface area (TPSA) is 57.8 Å². The van der Waals surface area contributed by atoms with Gasteiger partial charge in [-0.15, -0.1) is 11.3 Å². The molecule has 0 bridgehead atoms. The number of aromatic nitrogens is 2. The zero-order valence-corrected chi connectivity index (χ0v) is 13.7. The fourth-order valence-corrected chi connectivity index (χ4v) is 3.78. The number of halogens is 1. The van der Waals surface area contributed by atoms with Gasteiger partial charge in [0.15, 0.2) is 4.96 Å². The molecular formula is C17H16FN3O2S. The van der Waals surface area contributed by atoms with Gasteiger partial charge < -0.3 is 10.0 Å². The molecule has 1 amide bonds. The monoisotopic (exact) mass is 345 g/mol. The van der Waals surface area contributed by atoms with E-state index < -0.39 is 0 Å². The Morgan fingerprint density at radius 2 is 1.96 bits per heavy atom. The van der Waals surface area contributed by atoms with Crippen molar-refractivity contribution in [3.63, 3.8) is 0 Å². The number of nitrogens with zero attached hydrogens (tertiary/aromatic N) is 3. The first-order valence-corrected chi connectivity index (χ1v) is 8.69. The van der Waals surface area contributed by atoms with Gasteiger partial charge in [0.25, 0.3) is 5.91 Å². The van der Waals surface area contributed by atoms with E-state index >= 15 is 0 Å². The molecule has 1 N–H and O–H groups in total. The molecule has 24 heavy (non-hydrogen) atoms. The summed E-state index contributed by atoms with van der Waals surface area (Å²) in [5, 5.41) is 11.4. The Labute approximate surface area is 142 Å². The maximum absolute atomic E-state index is 13.1. The fourth-order valence-electron chi connectivity index (χ4n) is 2.93. The first-order valence-electron chi connectivity index (χ1n) is 7.82. The number of thiazole rings is 1. The van der Waals surface area contributed by atoms with Crippen LogP contribution in [0, 0.1) is 5.82 Å². The number of carbonyl (C=O) groups is 1. The minimum atomic E-state index is -0.310. The van der Waals surface area contributed by atoms with E-state index in [0.29, 0.717) is 37.3 Å². The van der Waals surface area contributed by atoms with Crippen molar-refractivity contribution in [1.82, 2.24) is 14.3 Å². The number of imidazole rings is 1. The Morgan fingerprint density at radius 3 is 2.67 bits per heavy atom. The maximum Gasteiger partial charge on any atom is 0.271 e. The van der Waals surface area contributed by atoms with Crippen LogP contribution in [-0.2, 0) is 0 Å². The summed E-state index contributed by atoms with van der Waals surface area (Å²) < 4.78 is 14.8. The van der Waals surface area contributed by atoms with Crippen LogP contribution in [0.2, 0.25) is 0 Å². The van der Waals surface area contributed by atoms with Gasteiger partial charge in [-0.3, -0.25) is 9.20 Å². The van der Waals surface area contributed by atoms with Gasteiger partial charge in [-0.1, -0.05) is 0 Å². The van der Waals surface area contributed by atoms with Crippen molar-refractivity contribution in [2.45, 2.75) is 18.9 Å². The highest BCUT2D eigenvalue weighted by molar-refractivity contribution is 7.15. The third kappa shape index (κ3) is 2.70. The fraction of sp³-hybridized carbons (Fsp3) is 0.294. The Bertz CT molecular complexity index is 879. The van der Waals surface area contributed by atoms with Gasteiger partial charge in [-0.05, 0) is 37.1 Å². The number of aliphatic hydroxyl groups is 1. The molecule has 2 aromatic heterocycles. The summed E-state index contributed by atoms with van der Waals surface area (Å²) in [7, 11) is 0. The Morgan fingerprint density at radius 1 is 1.25 bits per heavy atom. The maximum atomic E-state index is 13.1. The third-order valence-corrected chi connectivity index (χ3v) is 5.16. The van der Waals surface area contributed by atoms with E-state index in [0.717, 1.165) is 10.5 Å². The normalized spacial score (nSPS) is 16.0. The zero-order chi connectivity index (χ0) is 16.7. The molecule has 3 aromatic rings. The largest absolute Gasteiger partial charge is 0.393 e. The van der Waals surface area contributed by atoms with Gasteiger partial charge in [0.2, 0.25) is 0 Å². The molecule has 1 aliphatic heterocycles. The van der Waals surface area contributed by atoms with Gasteiger partial charge in [0, 0.05) is 30.2 Å². The molecule has 0 atom stereocenters. The number of amides is 1. The predicted octanol–water partition coefficient (Wildman–Crippen LogP) is 2.80. The van der Waals surface area contributed by atoms with Crippen LogP contribution in [0.1, 0.15) is 23.3 Å². The number of rotatable bonds is 2. The molecule has 5 nitrogen and oxygen atoms in total. The van der Waals surface area contributed by atoms with Crippen LogP contribution in [0.3, 0.4) is 0 Å². The van der Waals surface area contributed by atoms with Crippen molar-refractivity contribution in [2.75, 3.05) is 13.1 Å². The van der Waals surface area contributed by atoms with Crippen LogP contribution in [0.4, 0.5) is 4.39 Å². The van der Waals surface area contributed by atoms with Gasteiger partial charge in [-0.25, -0.2) is 9.37 Å². The molecule has 7 heteroatoms. The number of fused-ring (bicyclic) bond motifs is 1. The molecule has 0 radical (unpaired) electrons. The predicted molar refractivity (Wildman–Crippen MR) is 89.6 cm³/mol. The second-order valence-electron chi connectivity index (χ2n) is 5.93. The lowest BCUT2D eigenvalue weighted by Gasteiger charge is -2.29. The first kappa shape index (κ1) is 15.3. The van der Waals surface area contributed by atoms with Crippen molar-refractivity contribution in [1.29, 1.82) is 0 Å². The zero-order valence-electron chi connectivity index (χ0n) is 12.9. The SMILES string of the molecule is O=C(c1csc2nc(-c3ccc(F)cc3)cn12)N1CCC(O)CC1. The highest BCUT2D eigenvalue weighted by Gasteiger charge is 2.25. The summed E-state index contributed by atoms with van der Waals surface area (Å²) in [6.45, 7) is 1.13. The molecule has 1 fully saturated rings. The van der Waals surface area contributed by atoms with Crippen LogP contribution >= 0.6 is 11.3 Å². The summed E-state index contributed by atoms with van der Waals surface area (Å²) in [5.74, 6) is -0.334. The number of benzene rings is 1. The molecule has 0 aliphatic carbocycles. The summed E-state index contributed by atoms with van der Waals surface area (Å²) in [6.07, 6.45) is 2.73. The second kappa shape index (κ2) is 5.99. The first-order chi connectivity index (χ1) is 11.6. The highest BCUT2D eigenvalue weighted by Crippen LogP contribution is 2.25. The van der Waals surface area contributed by atoms with E-state index in [1.54, 1.807) is 21.4 Å². The third-order valence-electron chi connectivity index (χ3n) is 4.32. The molecule has 4 rings (SSSR count). The van der Waals surface area contributed by atoms with Crippen LogP contribution in [0.25, 0.3) is 16.2 Å². The summed E-state index contributed by atoms with van der Waals surface area (Å²) in [6, 6.07) is 6.15. The minimum Gasteiger partial charge on any atom is -0.393 e. The van der Waals surface area contributed by atoms with Crippen LogP contribution in [-0.4, -0.2) is 44.5 Å². The molecule has 1 aliphatic rings. The number of piperidine rings is 1. The standard InChI is InChI=1S/C17H16FN3O2S/c18-12-3-1-11(2-4-12)14-9-21-15(10-24-17(21)19-14)16(23)20-7-5-13(22)6-8-20/h1-4,9-10,13,22H,5-8H2. The summed E-state index contributed by atoms with van der Waals surface area (Å²) in [4.78, 5) is 19.7. The lowest BCUT2D eigenvalue weighted by molar-refractivity contribution is 0.0541. The number of likely N-dealkylation sites (tertiary alicyclic amines) is 1. The number of carbonyl (C=O) groups excluding carboxylic acids is 1. The van der Waals surface area contributed by atoms with Crippen molar-refractivity contribution >= 4 is 22.2 Å². The van der Waals surface area contributed by atoms with Crippen LogP contribution < -0.4 is 0 Å². The van der Waals surface area contributed by atoms with E-state index in [9.17, 15) is 14.3 Å². The molecule has 124 valence electrons. The molecule has 0 spiro atoms. The summed E-state index contributed by atoms with van der Waals surface area (Å²) >= 11 is 1.41. The molecule has 3 heterocycles. The van der Waals surface area contributed by atoms with Gasteiger partial charge in [-0.2, -0.15) is 0 Å². The van der Waals surface area contributed by atoms with E-state index in [4.69, 9.17) is 0 Å². The van der Waals surface area contributed by atoms with E-state index in [1.165, 1.54) is 23.5 Å². The number of hydrogen-bond donors (Lipinski definition) is 1. The van der Waals surface area contributed by atoms with Gasteiger partial charge >= 0.3 is 0 Å². The average Bonchev–Trinajstić information content (AvgIpc) is 3.16. The van der Waals surface area contributed by atoms with Crippen molar-refractivity contribution < 1.29 is 14.3 Å². The Balaban J connectivity index is 1.65. The van der Waals surface area contributed by atoms with Gasteiger partial charge in [0.1, 0.15) is 11.5 Å². The highest BCUT2D eigenvalue weighted by atomic mass is 32.1. The smallest absolute Gasteiger partial charge is 0.271 e. The van der Waals surface area contributed by atoms with Crippen molar-refractivity contribution in [3.8, 4) is 11.3 Å². The van der Waals surface area contributed by atoms with Crippen molar-refractivity contribution in [3.05, 3.63) is 47.4 Å². The molecule has 0 saturated carbocycles. The summed E-state index contributed by atoms with van der Waals surface area (Å²) in [5.41, 5.74) is 2.10. The molecule has 0 unspecified atom stereocenters. The average molecular weight is 345 g/mol.